The average Bonchev–Trinajstić information content (AvgIpc) is 2.98. The Kier molecular flexibility index (Phi) is 5.90. The SMILES string of the molecule is CN(C)Cc1ccc(-c2noc([C@H]3CNCCO3)n2)cc1.Cl. The molecule has 0 bridgehead atoms. The fourth-order valence-electron chi connectivity index (χ4n) is 2.33. The number of aromatic nitrogens is 2. The van der Waals surface area contributed by atoms with Gasteiger partial charge in [0, 0.05) is 25.2 Å². The van der Waals surface area contributed by atoms with Crippen LogP contribution in [0.15, 0.2) is 28.8 Å². The standard InChI is InChI=1S/C15H20N4O2.ClH/c1-19(2)10-11-3-5-12(6-4-11)14-17-15(21-18-14)13-9-16-7-8-20-13;/h3-6,13,16H,7-10H2,1-2H3;1H/t13-;/m1./s1. The molecule has 7 heteroatoms. The van der Waals surface area contributed by atoms with Gasteiger partial charge in [0.05, 0.1) is 6.61 Å². The molecule has 0 unspecified atom stereocenters. The molecule has 2 heterocycles. The van der Waals surface area contributed by atoms with E-state index in [-0.39, 0.29) is 18.5 Å². The van der Waals surface area contributed by atoms with Crippen molar-refractivity contribution in [2.75, 3.05) is 33.8 Å². The Labute approximate surface area is 136 Å². The smallest absolute Gasteiger partial charge is 0.257 e. The van der Waals surface area contributed by atoms with Crippen molar-refractivity contribution in [3.63, 3.8) is 0 Å². The molecule has 0 amide bonds. The quantitative estimate of drug-likeness (QED) is 0.926. The summed E-state index contributed by atoms with van der Waals surface area (Å²) in [6, 6.07) is 8.22. The number of morpholine rings is 1. The van der Waals surface area contributed by atoms with Gasteiger partial charge in [0.1, 0.15) is 6.10 Å². The zero-order valence-corrected chi connectivity index (χ0v) is 13.6. The van der Waals surface area contributed by atoms with Gasteiger partial charge in [0.25, 0.3) is 5.89 Å². The molecule has 0 saturated carbocycles. The second-order valence-electron chi connectivity index (χ2n) is 5.45. The van der Waals surface area contributed by atoms with Crippen LogP contribution in [0.4, 0.5) is 0 Å². The number of ether oxygens (including phenoxy) is 1. The molecule has 120 valence electrons. The van der Waals surface area contributed by atoms with Crippen LogP contribution in [0.25, 0.3) is 11.4 Å². The monoisotopic (exact) mass is 324 g/mol. The lowest BCUT2D eigenvalue weighted by atomic mass is 10.1. The van der Waals surface area contributed by atoms with Crippen LogP contribution in [-0.4, -0.2) is 48.8 Å². The van der Waals surface area contributed by atoms with Crippen molar-refractivity contribution < 1.29 is 9.26 Å². The Balaban J connectivity index is 0.00000176. The third-order valence-electron chi connectivity index (χ3n) is 3.36. The molecule has 6 nitrogen and oxygen atoms in total. The average molecular weight is 325 g/mol. The van der Waals surface area contributed by atoms with Crippen molar-refractivity contribution in [1.82, 2.24) is 20.4 Å². The van der Waals surface area contributed by atoms with E-state index in [2.05, 4.69) is 46.6 Å². The lowest BCUT2D eigenvalue weighted by molar-refractivity contribution is 0.00755. The molecule has 2 aromatic rings. The second-order valence-corrected chi connectivity index (χ2v) is 5.45. The van der Waals surface area contributed by atoms with E-state index < -0.39 is 0 Å². The predicted octanol–water partition coefficient (Wildman–Crippen LogP) is 1.88. The summed E-state index contributed by atoms with van der Waals surface area (Å²) in [6.45, 7) is 3.16. The molecule has 0 aliphatic carbocycles. The number of hydrogen-bond acceptors (Lipinski definition) is 6. The van der Waals surface area contributed by atoms with Crippen LogP contribution in [0.1, 0.15) is 17.6 Å². The summed E-state index contributed by atoms with van der Waals surface area (Å²) in [6.07, 6.45) is -0.145. The number of benzene rings is 1. The van der Waals surface area contributed by atoms with E-state index in [4.69, 9.17) is 9.26 Å². The Hall–Kier alpha value is -1.47. The van der Waals surface area contributed by atoms with Crippen LogP contribution in [0.3, 0.4) is 0 Å². The van der Waals surface area contributed by atoms with Crippen molar-refractivity contribution in [2.45, 2.75) is 12.6 Å². The number of nitrogens with one attached hydrogen (secondary N) is 1. The molecule has 1 fully saturated rings. The van der Waals surface area contributed by atoms with Crippen molar-refractivity contribution in [3.05, 3.63) is 35.7 Å². The first-order valence-electron chi connectivity index (χ1n) is 7.12. The molecular weight excluding hydrogens is 304 g/mol. The molecule has 1 atom stereocenters. The van der Waals surface area contributed by atoms with Crippen LogP contribution < -0.4 is 5.32 Å². The predicted molar refractivity (Wildman–Crippen MR) is 85.9 cm³/mol. The van der Waals surface area contributed by atoms with Gasteiger partial charge in [-0.25, -0.2) is 0 Å². The Morgan fingerprint density at radius 2 is 2.05 bits per heavy atom. The maximum absolute atomic E-state index is 5.61. The van der Waals surface area contributed by atoms with Gasteiger partial charge >= 0.3 is 0 Å². The highest BCUT2D eigenvalue weighted by molar-refractivity contribution is 5.85. The third-order valence-corrected chi connectivity index (χ3v) is 3.36. The summed E-state index contributed by atoms with van der Waals surface area (Å²) in [4.78, 5) is 6.58. The number of halogens is 1. The normalized spacial score (nSPS) is 18.2. The molecule has 1 aromatic heterocycles. The van der Waals surface area contributed by atoms with Gasteiger partial charge < -0.3 is 19.5 Å². The first kappa shape index (κ1) is 16.9. The van der Waals surface area contributed by atoms with E-state index in [0.29, 0.717) is 24.9 Å². The van der Waals surface area contributed by atoms with Gasteiger partial charge in [-0.05, 0) is 19.7 Å². The maximum atomic E-state index is 5.61. The number of rotatable bonds is 4. The zero-order valence-electron chi connectivity index (χ0n) is 12.8. The third kappa shape index (κ3) is 4.04. The van der Waals surface area contributed by atoms with Gasteiger partial charge in [-0.2, -0.15) is 4.98 Å². The summed E-state index contributed by atoms with van der Waals surface area (Å²) < 4.78 is 10.9. The Bertz CT molecular complexity index is 579. The molecule has 22 heavy (non-hydrogen) atoms. The minimum Gasteiger partial charge on any atom is -0.366 e. The van der Waals surface area contributed by atoms with Gasteiger partial charge in [-0.15, -0.1) is 12.4 Å². The van der Waals surface area contributed by atoms with Crippen molar-refractivity contribution >= 4 is 12.4 Å². The molecule has 0 radical (unpaired) electrons. The van der Waals surface area contributed by atoms with E-state index >= 15 is 0 Å². The molecule has 0 spiro atoms. The van der Waals surface area contributed by atoms with Crippen molar-refractivity contribution in [2.24, 2.45) is 0 Å². The van der Waals surface area contributed by atoms with Crippen LogP contribution in [0, 0.1) is 0 Å². The van der Waals surface area contributed by atoms with E-state index in [0.717, 1.165) is 18.7 Å². The lowest BCUT2D eigenvalue weighted by Gasteiger charge is -2.19. The van der Waals surface area contributed by atoms with Gasteiger partial charge in [-0.1, -0.05) is 29.4 Å². The zero-order chi connectivity index (χ0) is 14.7. The molecule has 3 rings (SSSR count). The minimum atomic E-state index is -0.145. The van der Waals surface area contributed by atoms with Crippen molar-refractivity contribution in [3.8, 4) is 11.4 Å². The van der Waals surface area contributed by atoms with Crippen LogP contribution in [0.2, 0.25) is 0 Å². The van der Waals surface area contributed by atoms with Crippen LogP contribution in [-0.2, 0) is 11.3 Å². The minimum absolute atomic E-state index is 0. The highest BCUT2D eigenvalue weighted by atomic mass is 35.5. The summed E-state index contributed by atoms with van der Waals surface area (Å²) in [5.41, 5.74) is 2.21. The first-order chi connectivity index (χ1) is 10.2. The number of nitrogens with zero attached hydrogens (tertiary/aromatic N) is 3. The molecule has 1 saturated heterocycles. The van der Waals surface area contributed by atoms with Crippen LogP contribution in [0.5, 0.6) is 0 Å². The van der Waals surface area contributed by atoms with Gasteiger partial charge in [-0.3, -0.25) is 0 Å². The molecule has 1 aliphatic rings. The molecule has 1 N–H and O–H groups in total. The molecule has 1 aliphatic heterocycles. The topological polar surface area (TPSA) is 63.4 Å². The maximum Gasteiger partial charge on any atom is 0.257 e. The fraction of sp³-hybridized carbons (Fsp3) is 0.467. The summed E-state index contributed by atoms with van der Waals surface area (Å²) in [5.74, 6) is 1.14. The lowest BCUT2D eigenvalue weighted by Crippen LogP contribution is -2.33. The van der Waals surface area contributed by atoms with E-state index in [1.807, 2.05) is 12.1 Å². The first-order valence-corrected chi connectivity index (χ1v) is 7.12. The van der Waals surface area contributed by atoms with Crippen LogP contribution >= 0.6 is 12.4 Å². The van der Waals surface area contributed by atoms with E-state index in [9.17, 15) is 0 Å². The second kappa shape index (κ2) is 7.69. The largest absolute Gasteiger partial charge is 0.366 e. The summed E-state index contributed by atoms with van der Waals surface area (Å²) in [7, 11) is 4.11. The number of hydrogen-bond donors (Lipinski definition) is 1. The molecule has 1 aromatic carbocycles. The van der Waals surface area contributed by atoms with Crippen molar-refractivity contribution in [1.29, 1.82) is 0 Å². The summed E-state index contributed by atoms with van der Waals surface area (Å²) in [5, 5.41) is 7.30. The van der Waals surface area contributed by atoms with E-state index in [1.54, 1.807) is 0 Å². The molecular formula is C15H21ClN4O2. The van der Waals surface area contributed by atoms with E-state index in [1.165, 1.54) is 5.56 Å². The van der Waals surface area contributed by atoms with Gasteiger partial charge in [0.15, 0.2) is 0 Å². The Morgan fingerprint density at radius 3 is 2.68 bits per heavy atom. The highest BCUT2D eigenvalue weighted by Crippen LogP contribution is 2.22. The highest BCUT2D eigenvalue weighted by Gasteiger charge is 2.22. The van der Waals surface area contributed by atoms with Gasteiger partial charge in [0.2, 0.25) is 5.82 Å². The Morgan fingerprint density at radius 1 is 1.27 bits per heavy atom. The summed E-state index contributed by atoms with van der Waals surface area (Å²) >= 11 is 0. The fourth-order valence-corrected chi connectivity index (χ4v) is 2.33.